The summed E-state index contributed by atoms with van der Waals surface area (Å²) in [7, 11) is -1.32. The number of carboxylic acids is 1. The van der Waals surface area contributed by atoms with Gasteiger partial charge in [0.05, 0.1) is 5.75 Å². The molecule has 0 radical (unpaired) electrons. The zero-order chi connectivity index (χ0) is 33.3. The molecule has 0 aliphatic heterocycles. The summed E-state index contributed by atoms with van der Waals surface area (Å²) in [5.74, 6) is 0.531. The second-order valence-electron chi connectivity index (χ2n) is 13.4. The van der Waals surface area contributed by atoms with Crippen molar-refractivity contribution in [2.24, 2.45) is 5.92 Å². The molecule has 3 atom stereocenters. The lowest BCUT2D eigenvalue weighted by atomic mass is 9.87. The number of rotatable bonds is 18. The van der Waals surface area contributed by atoms with Gasteiger partial charge in [-0.25, -0.2) is 13.2 Å². The summed E-state index contributed by atoms with van der Waals surface area (Å²) in [5, 5.41) is 9.80. The van der Waals surface area contributed by atoms with Crippen LogP contribution in [0.15, 0.2) is 78.9 Å². The minimum Gasteiger partial charge on any atom is -0.492 e. The van der Waals surface area contributed by atoms with E-state index in [1.165, 1.54) is 5.56 Å². The first-order valence-electron chi connectivity index (χ1n) is 16.3. The van der Waals surface area contributed by atoms with Crippen LogP contribution in [0.1, 0.15) is 63.6 Å². The Hall–Kier alpha value is -3.40. The van der Waals surface area contributed by atoms with E-state index in [-0.39, 0.29) is 30.2 Å². The number of aliphatic carboxylic acids is 1. The quantitative estimate of drug-likeness (QED) is 0.170. The SMILES string of the molecule is CCCCS(=O)(=O)N(CCOc1ccc(C[C@H](Oc2ccc(C(C)(C)C)cc2)C(=O)O)cc1)[C@@H]1CC1CN(C)Cc1ccccc1. The van der Waals surface area contributed by atoms with Crippen LogP contribution in [-0.2, 0) is 33.2 Å². The van der Waals surface area contributed by atoms with E-state index < -0.39 is 22.1 Å². The van der Waals surface area contributed by atoms with Gasteiger partial charge in [0.1, 0.15) is 18.1 Å². The van der Waals surface area contributed by atoms with Gasteiger partial charge in [0.25, 0.3) is 0 Å². The lowest BCUT2D eigenvalue weighted by Gasteiger charge is -2.24. The molecule has 3 aromatic rings. The van der Waals surface area contributed by atoms with E-state index >= 15 is 0 Å². The van der Waals surface area contributed by atoms with E-state index in [1.807, 2.05) is 61.5 Å². The maximum absolute atomic E-state index is 13.3. The number of hydrogen-bond donors (Lipinski definition) is 1. The van der Waals surface area contributed by atoms with E-state index in [1.54, 1.807) is 16.4 Å². The topological polar surface area (TPSA) is 96.4 Å². The predicted molar refractivity (Wildman–Crippen MR) is 183 cm³/mol. The molecule has 46 heavy (non-hydrogen) atoms. The number of hydrogen-bond acceptors (Lipinski definition) is 6. The van der Waals surface area contributed by atoms with Gasteiger partial charge in [-0.15, -0.1) is 0 Å². The van der Waals surface area contributed by atoms with Crippen LogP contribution in [0.4, 0.5) is 0 Å². The molecule has 250 valence electrons. The van der Waals surface area contributed by atoms with Gasteiger partial charge in [-0.1, -0.05) is 88.7 Å². The number of sulfonamides is 1. The average molecular weight is 651 g/mol. The molecule has 0 saturated heterocycles. The van der Waals surface area contributed by atoms with E-state index in [0.29, 0.717) is 30.4 Å². The first kappa shape index (κ1) is 35.5. The Balaban J connectivity index is 1.31. The highest BCUT2D eigenvalue weighted by molar-refractivity contribution is 7.89. The van der Waals surface area contributed by atoms with Crippen LogP contribution in [0.2, 0.25) is 0 Å². The molecule has 1 saturated carbocycles. The van der Waals surface area contributed by atoms with Crippen molar-refractivity contribution in [1.82, 2.24) is 9.21 Å². The fourth-order valence-electron chi connectivity index (χ4n) is 5.66. The maximum Gasteiger partial charge on any atom is 0.345 e. The lowest BCUT2D eigenvalue weighted by Crippen LogP contribution is -2.39. The number of carboxylic acid groups (broad SMARTS) is 1. The molecule has 0 bridgehead atoms. The third kappa shape index (κ3) is 10.6. The van der Waals surface area contributed by atoms with E-state index in [9.17, 15) is 18.3 Å². The van der Waals surface area contributed by atoms with E-state index in [2.05, 4.69) is 44.9 Å². The molecular weight excluding hydrogens is 600 g/mol. The summed E-state index contributed by atoms with van der Waals surface area (Å²) in [6.07, 6.45) is 1.47. The van der Waals surface area contributed by atoms with Gasteiger partial charge in [0.2, 0.25) is 10.0 Å². The molecule has 0 spiro atoms. The van der Waals surface area contributed by atoms with Crippen molar-refractivity contribution in [2.45, 2.75) is 77.5 Å². The number of carbonyl (C=O) groups is 1. The van der Waals surface area contributed by atoms with Crippen molar-refractivity contribution in [3.8, 4) is 11.5 Å². The Bertz CT molecular complexity index is 1490. The van der Waals surface area contributed by atoms with Gasteiger partial charge >= 0.3 is 5.97 Å². The van der Waals surface area contributed by atoms with Crippen molar-refractivity contribution in [2.75, 3.05) is 32.5 Å². The fraction of sp³-hybridized carbons (Fsp3) is 0.486. The highest BCUT2D eigenvalue weighted by atomic mass is 32.2. The Kier molecular flexibility index (Phi) is 12.3. The summed E-state index contributed by atoms with van der Waals surface area (Å²) >= 11 is 0. The molecule has 4 rings (SSSR count). The molecule has 3 aromatic carbocycles. The van der Waals surface area contributed by atoms with Crippen molar-refractivity contribution in [1.29, 1.82) is 0 Å². The zero-order valence-corrected chi connectivity index (χ0v) is 28.7. The molecule has 0 heterocycles. The lowest BCUT2D eigenvalue weighted by molar-refractivity contribution is -0.145. The zero-order valence-electron chi connectivity index (χ0n) is 27.9. The summed E-state index contributed by atoms with van der Waals surface area (Å²) in [6, 6.07) is 25.1. The molecule has 0 amide bonds. The molecule has 1 aliphatic rings. The van der Waals surface area contributed by atoms with E-state index in [0.717, 1.165) is 37.1 Å². The summed E-state index contributed by atoms with van der Waals surface area (Å²) in [4.78, 5) is 14.2. The molecule has 1 fully saturated rings. The molecular formula is C37H50N2O6S. The number of benzene rings is 3. The van der Waals surface area contributed by atoms with Gasteiger partial charge in [-0.3, -0.25) is 0 Å². The maximum atomic E-state index is 13.3. The molecule has 8 nitrogen and oxygen atoms in total. The Morgan fingerprint density at radius 1 is 0.957 bits per heavy atom. The molecule has 0 aromatic heterocycles. The van der Waals surface area contributed by atoms with Gasteiger partial charge in [-0.05, 0) is 72.2 Å². The smallest absolute Gasteiger partial charge is 0.345 e. The van der Waals surface area contributed by atoms with Crippen LogP contribution in [0.5, 0.6) is 11.5 Å². The fourth-order valence-corrected chi connectivity index (χ4v) is 7.57. The largest absolute Gasteiger partial charge is 0.492 e. The minimum atomic E-state index is -3.40. The highest BCUT2D eigenvalue weighted by Gasteiger charge is 2.46. The Labute approximate surface area is 275 Å². The number of nitrogens with zero attached hydrogens (tertiary/aromatic N) is 2. The first-order chi connectivity index (χ1) is 21.9. The molecule has 9 heteroatoms. The standard InChI is InChI=1S/C37H50N2O6S/c1-6-7-23-46(42,43)39(34-25-30(34)27-38(5)26-29-11-9-8-10-12-29)21-22-44-32-17-13-28(14-18-32)24-35(36(40)41)45-33-19-15-31(16-20-33)37(2,3)4/h8-20,30,34-35H,6-7,21-27H2,1-5H3,(H,40,41)/t30?,34-,35+/m1/s1. The van der Waals surface area contributed by atoms with Gasteiger partial charge < -0.3 is 19.5 Å². The predicted octanol–water partition coefficient (Wildman–Crippen LogP) is 6.39. The van der Waals surface area contributed by atoms with Gasteiger partial charge in [0.15, 0.2) is 6.10 Å². The molecule has 1 aliphatic carbocycles. The highest BCUT2D eigenvalue weighted by Crippen LogP contribution is 2.38. The average Bonchev–Trinajstić information content (AvgIpc) is 3.76. The Morgan fingerprint density at radius 3 is 2.22 bits per heavy atom. The van der Waals surface area contributed by atoms with Crippen LogP contribution in [-0.4, -0.2) is 73.3 Å². The minimum absolute atomic E-state index is 0.00384. The van der Waals surface area contributed by atoms with Crippen molar-refractivity contribution in [3.63, 3.8) is 0 Å². The van der Waals surface area contributed by atoms with Crippen LogP contribution >= 0.6 is 0 Å². The Morgan fingerprint density at radius 2 is 1.61 bits per heavy atom. The molecule has 1 N–H and O–H groups in total. The normalized spacial score (nSPS) is 17.2. The second kappa shape index (κ2) is 15.9. The van der Waals surface area contributed by atoms with Crippen molar-refractivity contribution in [3.05, 3.63) is 95.6 Å². The number of ether oxygens (including phenoxy) is 2. The first-order valence-corrected chi connectivity index (χ1v) is 17.9. The van der Waals surface area contributed by atoms with Gasteiger partial charge in [0, 0.05) is 32.1 Å². The summed E-state index contributed by atoms with van der Waals surface area (Å²) in [5.41, 5.74) is 3.18. The summed E-state index contributed by atoms with van der Waals surface area (Å²) in [6.45, 7) is 10.6. The van der Waals surface area contributed by atoms with E-state index in [4.69, 9.17) is 9.47 Å². The second-order valence-corrected chi connectivity index (χ2v) is 15.5. The van der Waals surface area contributed by atoms with Gasteiger partial charge in [-0.2, -0.15) is 4.31 Å². The van der Waals surface area contributed by atoms with Crippen molar-refractivity contribution < 1.29 is 27.8 Å². The van der Waals surface area contributed by atoms with Crippen molar-refractivity contribution >= 4 is 16.0 Å². The van der Waals surface area contributed by atoms with Crippen LogP contribution in [0.3, 0.4) is 0 Å². The number of unbranched alkanes of at least 4 members (excludes halogenated alkanes) is 1. The molecule has 1 unspecified atom stereocenters. The van der Waals surface area contributed by atoms with Crippen LogP contribution in [0.25, 0.3) is 0 Å². The third-order valence-electron chi connectivity index (χ3n) is 8.41. The van der Waals surface area contributed by atoms with Crippen LogP contribution in [0, 0.1) is 5.92 Å². The van der Waals surface area contributed by atoms with Crippen LogP contribution < -0.4 is 9.47 Å². The summed E-state index contributed by atoms with van der Waals surface area (Å²) < 4.78 is 40.1. The monoisotopic (exact) mass is 650 g/mol. The third-order valence-corrected chi connectivity index (χ3v) is 10.4.